The van der Waals surface area contributed by atoms with Crippen LogP contribution in [0.25, 0.3) is 0 Å². The van der Waals surface area contributed by atoms with Crippen molar-refractivity contribution in [3.05, 3.63) is 34.9 Å². The molecule has 0 unspecified atom stereocenters. The molecule has 0 radical (unpaired) electrons. The van der Waals surface area contributed by atoms with Crippen molar-refractivity contribution in [2.24, 2.45) is 11.7 Å². The lowest BCUT2D eigenvalue weighted by atomic mass is 9.89. The Morgan fingerprint density at radius 1 is 1.17 bits per heavy atom. The lowest BCUT2D eigenvalue weighted by molar-refractivity contribution is -0.123. The van der Waals surface area contributed by atoms with Crippen molar-refractivity contribution in [2.45, 2.75) is 51.5 Å². The number of likely N-dealkylation sites (tertiary alicyclic amines) is 1. The summed E-state index contributed by atoms with van der Waals surface area (Å²) in [6, 6.07) is 6.53. The Hall–Kier alpha value is -2.04. The molecule has 0 spiro atoms. The first-order valence-electron chi connectivity index (χ1n) is 9.01. The van der Waals surface area contributed by atoms with Crippen LogP contribution < -0.4 is 11.1 Å². The third kappa shape index (κ3) is 3.71. The molecule has 1 aromatic rings. The van der Waals surface area contributed by atoms with E-state index in [0.29, 0.717) is 25.9 Å². The number of benzene rings is 1. The normalized spacial score (nSPS) is 19.5. The van der Waals surface area contributed by atoms with Gasteiger partial charge in [-0.1, -0.05) is 18.2 Å². The molecule has 1 saturated heterocycles. The molecule has 5 nitrogen and oxygen atoms in total. The molecule has 3 N–H and O–H groups in total. The van der Waals surface area contributed by atoms with Crippen molar-refractivity contribution in [1.29, 1.82) is 0 Å². The van der Waals surface area contributed by atoms with Crippen molar-refractivity contribution < 1.29 is 9.59 Å². The van der Waals surface area contributed by atoms with Crippen molar-refractivity contribution in [1.82, 2.24) is 10.2 Å². The van der Waals surface area contributed by atoms with Crippen LogP contribution in [0.2, 0.25) is 0 Å². The van der Waals surface area contributed by atoms with Gasteiger partial charge in [-0.05, 0) is 62.1 Å². The molecule has 1 atom stereocenters. The summed E-state index contributed by atoms with van der Waals surface area (Å²) in [6.07, 6.45) is 6.17. The summed E-state index contributed by atoms with van der Waals surface area (Å²) >= 11 is 0. The van der Waals surface area contributed by atoms with Gasteiger partial charge in [0, 0.05) is 19.0 Å². The number of nitrogens with zero attached hydrogens (tertiary/aromatic N) is 1. The van der Waals surface area contributed by atoms with Crippen LogP contribution in [0.5, 0.6) is 0 Å². The van der Waals surface area contributed by atoms with Crippen LogP contribution in [0.4, 0.5) is 4.79 Å². The number of nitrogens with two attached hydrogens (primary N) is 1. The number of aryl methyl sites for hydroxylation is 2. The number of nitrogens with one attached hydrogen (secondary N) is 1. The van der Waals surface area contributed by atoms with Gasteiger partial charge < -0.3 is 16.0 Å². The van der Waals surface area contributed by atoms with Crippen LogP contribution in [-0.4, -0.2) is 29.9 Å². The molecule has 0 bridgehead atoms. The quantitative estimate of drug-likeness (QED) is 0.894. The van der Waals surface area contributed by atoms with Gasteiger partial charge in [0.2, 0.25) is 5.91 Å². The van der Waals surface area contributed by atoms with Gasteiger partial charge in [0.25, 0.3) is 0 Å². The second-order valence-corrected chi connectivity index (χ2v) is 7.07. The Kier molecular flexibility index (Phi) is 5.07. The number of primary amides is 1. The van der Waals surface area contributed by atoms with Gasteiger partial charge in [-0.3, -0.25) is 4.79 Å². The standard InChI is InChI=1S/C19H27N3O2/c1-13(16-7-6-14-4-2-3-5-17(14)12-16)21-19(24)22-10-8-15(9-11-22)18(20)23/h6-7,12-13,15H,2-5,8-11H2,1H3,(H2,20,23)(H,21,24)/t13-/m0/s1. The summed E-state index contributed by atoms with van der Waals surface area (Å²) in [5, 5.41) is 3.09. The maximum atomic E-state index is 12.4. The number of carbonyl (C=O) groups is 2. The molecule has 1 aromatic carbocycles. The maximum Gasteiger partial charge on any atom is 0.317 e. The molecule has 5 heteroatoms. The molecule has 0 aromatic heterocycles. The molecule has 0 saturated carbocycles. The summed E-state index contributed by atoms with van der Waals surface area (Å²) in [5.41, 5.74) is 9.39. The topological polar surface area (TPSA) is 75.4 Å². The number of rotatable bonds is 3. The minimum absolute atomic E-state index is 0.0152. The number of carbonyl (C=O) groups excluding carboxylic acids is 2. The van der Waals surface area contributed by atoms with Crippen LogP contribution in [0.1, 0.15) is 55.3 Å². The summed E-state index contributed by atoms with van der Waals surface area (Å²) in [7, 11) is 0. The summed E-state index contributed by atoms with van der Waals surface area (Å²) in [6.45, 7) is 3.21. The predicted octanol–water partition coefficient (Wildman–Crippen LogP) is 2.53. The Morgan fingerprint density at radius 2 is 1.83 bits per heavy atom. The first kappa shape index (κ1) is 16.8. The van der Waals surface area contributed by atoms with Gasteiger partial charge in [0.15, 0.2) is 0 Å². The summed E-state index contributed by atoms with van der Waals surface area (Å²) in [4.78, 5) is 25.4. The van der Waals surface area contributed by atoms with Crippen molar-refractivity contribution in [2.75, 3.05) is 13.1 Å². The number of hydrogen-bond donors (Lipinski definition) is 2. The maximum absolute atomic E-state index is 12.4. The van der Waals surface area contributed by atoms with E-state index in [1.807, 2.05) is 6.92 Å². The molecule has 3 rings (SSSR count). The minimum Gasteiger partial charge on any atom is -0.369 e. The zero-order valence-electron chi connectivity index (χ0n) is 14.4. The largest absolute Gasteiger partial charge is 0.369 e. The fourth-order valence-corrected chi connectivity index (χ4v) is 3.75. The van der Waals surface area contributed by atoms with Gasteiger partial charge in [0.1, 0.15) is 0 Å². The van der Waals surface area contributed by atoms with Gasteiger partial charge in [-0.2, -0.15) is 0 Å². The second-order valence-electron chi connectivity index (χ2n) is 7.07. The molecule has 1 aliphatic carbocycles. The third-order valence-corrected chi connectivity index (χ3v) is 5.40. The van der Waals surface area contributed by atoms with Crippen molar-refractivity contribution >= 4 is 11.9 Å². The van der Waals surface area contributed by atoms with E-state index in [0.717, 1.165) is 12.0 Å². The van der Waals surface area contributed by atoms with Gasteiger partial charge >= 0.3 is 6.03 Å². The molecular formula is C19H27N3O2. The monoisotopic (exact) mass is 329 g/mol. The highest BCUT2D eigenvalue weighted by Gasteiger charge is 2.26. The Morgan fingerprint density at radius 3 is 2.50 bits per heavy atom. The SMILES string of the molecule is C[C@H](NC(=O)N1CCC(C(N)=O)CC1)c1ccc2c(c1)CCCC2. The Labute approximate surface area is 143 Å². The highest BCUT2D eigenvalue weighted by molar-refractivity contribution is 5.78. The van der Waals surface area contributed by atoms with Crippen LogP contribution in [0.3, 0.4) is 0 Å². The van der Waals surface area contributed by atoms with E-state index in [9.17, 15) is 9.59 Å². The molecule has 1 heterocycles. The predicted molar refractivity (Wildman–Crippen MR) is 93.5 cm³/mol. The van der Waals surface area contributed by atoms with Crippen LogP contribution in [0.15, 0.2) is 18.2 Å². The number of amides is 3. The first-order valence-corrected chi connectivity index (χ1v) is 9.01. The van der Waals surface area contributed by atoms with E-state index in [4.69, 9.17) is 5.73 Å². The van der Waals surface area contributed by atoms with E-state index in [1.54, 1.807) is 4.90 Å². The Balaban J connectivity index is 1.57. The molecule has 24 heavy (non-hydrogen) atoms. The van der Waals surface area contributed by atoms with Gasteiger partial charge in [-0.15, -0.1) is 0 Å². The summed E-state index contributed by atoms with van der Waals surface area (Å²) < 4.78 is 0. The molecule has 2 aliphatic rings. The lowest BCUT2D eigenvalue weighted by Gasteiger charge is -2.31. The second kappa shape index (κ2) is 7.24. The number of piperidine rings is 1. The number of hydrogen-bond acceptors (Lipinski definition) is 2. The van der Waals surface area contributed by atoms with Crippen LogP contribution in [-0.2, 0) is 17.6 Å². The zero-order chi connectivity index (χ0) is 17.1. The molecular weight excluding hydrogens is 302 g/mol. The van der Waals surface area contributed by atoms with Crippen molar-refractivity contribution in [3.8, 4) is 0 Å². The fraction of sp³-hybridized carbons (Fsp3) is 0.579. The zero-order valence-corrected chi connectivity index (χ0v) is 14.4. The van der Waals surface area contributed by atoms with E-state index in [-0.39, 0.29) is 23.9 Å². The molecule has 1 fully saturated rings. The minimum atomic E-state index is -0.252. The average Bonchev–Trinajstić information content (AvgIpc) is 2.61. The smallest absolute Gasteiger partial charge is 0.317 e. The van der Waals surface area contributed by atoms with Crippen molar-refractivity contribution in [3.63, 3.8) is 0 Å². The number of fused-ring (bicyclic) bond motifs is 1. The fourth-order valence-electron chi connectivity index (χ4n) is 3.75. The van der Waals surface area contributed by atoms with E-state index >= 15 is 0 Å². The molecule has 1 aliphatic heterocycles. The lowest BCUT2D eigenvalue weighted by Crippen LogP contribution is -2.46. The van der Waals surface area contributed by atoms with Crippen LogP contribution >= 0.6 is 0 Å². The van der Waals surface area contributed by atoms with Crippen LogP contribution in [0, 0.1) is 5.92 Å². The van der Waals surface area contributed by atoms with Gasteiger partial charge in [0.05, 0.1) is 6.04 Å². The first-order chi connectivity index (χ1) is 11.5. The van der Waals surface area contributed by atoms with E-state index < -0.39 is 0 Å². The Bertz CT molecular complexity index is 621. The average molecular weight is 329 g/mol. The third-order valence-electron chi connectivity index (χ3n) is 5.40. The van der Waals surface area contributed by atoms with E-state index in [1.165, 1.54) is 30.4 Å². The molecule has 130 valence electrons. The highest BCUT2D eigenvalue weighted by Crippen LogP contribution is 2.25. The number of urea groups is 1. The van der Waals surface area contributed by atoms with E-state index in [2.05, 4.69) is 23.5 Å². The highest BCUT2D eigenvalue weighted by atomic mass is 16.2. The molecule has 3 amide bonds. The van der Waals surface area contributed by atoms with Gasteiger partial charge in [-0.25, -0.2) is 4.79 Å². The summed E-state index contributed by atoms with van der Waals surface area (Å²) in [5.74, 6) is -0.343.